The largest absolute Gasteiger partial charge is 0.376 e. The minimum Gasteiger partial charge on any atom is -0.376 e. The van der Waals surface area contributed by atoms with E-state index in [1.807, 2.05) is 18.2 Å². The number of aliphatic hydroxyl groups excluding tert-OH is 1. The average Bonchev–Trinajstić information content (AvgIpc) is 2.59. The van der Waals surface area contributed by atoms with E-state index < -0.39 is 29.6 Å². The number of hydrogen-bond acceptors (Lipinski definition) is 6. The molecule has 0 saturated heterocycles. The number of hydrogen-bond donors (Lipinski definition) is 4. The van der Waals surface area contributed by atoms with E-state index in [4.69, 9.17) is 9.79 Å². The van der Waals surface area contributed by atoms with Gasteiger partial charge in [-0.1, -0.05) is 30.0 Å². The molecule has 0 radical (unpaired) electrons. The van der Waals surface area contributed by atoms with E-state index in [1.54, 1.807) is 11.8 Å². The topological polar surface area (TPSA) is 150 Å². The van der Waals surface area contributed by atoms with Gasteiger partial charge in [-0.25, -0.2) is 0 Å². The molecule has 0 aromatic heterocycles. The summed E-state index contributed by atoms with van der Waals surface area (Å²) in [5.74, 6) is -2.17. The highest BCUT2D eigenvalue weighted by Crippen LogP contribution is 2.51. The maximum absolute atomic E-state index is 10.7. The van der Waals surface area contributed by atoms with Gasteiger partial charge in [0.05, 0.1) is 16.2 Å². The Labute approximate surface area is 152 Å². The van der Waals surface area contributed by atoms with Crippen molar-refractivity contribution in [2.24, 2.45) is 0 Å². The van der Waals surface area contributed by atoms with Crippen LogP contribution in [0.5, 0.6) is 0 Å². The molecule has 1 atom stereocenters. The molecule has 0 saturated carbocycles. The molecule has 2 aromatic rings. The predicted molar refractivity (Wildman–Crippen MR) is 95.0 cm³/mol. The number of amides is 1. The third kappa shape index (κ3) is 4.69. The standard InChI is InChI=1S/C8H7NOS.C7H8NO6P/c1-5(10)9-8-6-3-2-4-7(8)11-6;9-7(15(12,13)14)5-3-1-2-4-6(5)8(10)11/h2-4H,1H3,(H,9,10);1-4,7,9H,(H2,12,13,14). The highest BCUT2D eigenvalue weighted by Gasteiger charge is 2.33. The molecule has 4 N–H and O–H groups in total. The van der Waals surface area contributed by atoms with E-state index in [2.05, 4.69) is 5.32 Å². The van der Waals surface area contributed by atoms with Crippen LogP contribution in [0, 0.1) is 10.1 Å². The zero-order chi connectivity index (χ0) is 19.5. The summed E-state index contributed by atoms with van der Waals surface area (Å²) in [5, 5.41) is 22.5. The molecule has 2 heterocycles. The molecular formula is C15H15N2O7PS. The highest BCUT2D eigenvalue weighted by atomic mass is 32.2. The van der Waals surface area contributed by atoms with Crippen molar-refractivity contribution in [3.63, 3.8) is 0 Å². The number of carbonyl (C=O) groups excluding carboxylic acids is 1. The van der Waals surface area contributed by atoms with Gasteiger partial charge in [0.2, 0.25) is 5.91 Å². The van der Waals surface area contributed by atoms with Gasteiger partial charge in [0.1, 0.15) is 0 Å². The van der Waals surface area contributed by atoms with Crippen LogP contribution in [0.2, 0.25) is 0 Å². The maximum atomic E-state index is 10.7. The number of rotatable bonds is 4. The molecule has 4 rings (SSSR count). The van der Waals surface area contributed by atoms with Gasteiger partial charge in [0.25, 0.3) is 5.69 Å². The van der Waals surface area contributed by atoms with E-state index in [9.17, 15) is 24.6 Å². The minimum atomic E-state index is -4.79. The molecule has 0 aliphatic carbocycles. The molecule has 2 aliphatic heterocycles. The second-order valence-electron chi connectivity index (χ2n) is 5.19. The fraction of sp³-hybridized carbons (Fsp3) is 0.133. The molecule has 2 aliphatic rings. The van der Waals surface area contributed by atoms with Crippen LogP contribution in [-0.2, 0) is 9.36 Å². The number of nitro groups is 1. The molecule has 11 heteroatoms. The summed E-state index contributed by atoms with van der Waals surface area (Å²) in [6.07, 6.45) is 0. The average molecular weight is 398 g/mol. The first-order valence-corrected chi connectivity index (χ1v) is 9.66. The normalized spacial score (nSPS) is 12.9. The first-order valence-electron chi connectivity index (χ1n) is 7.16. The highest BCUT2D eigenvalue weighted by molar-refractivity contribution is 8.01. The molecule has 26 heavy (non-hydrogen) atoms. The Bertz CT molecular complexity index is 879. The number of para-hydroxylation sites is 2. The minimum absolute atomic E-state index is 0.000926. The van der Waals surface area contributed by atoms with Crippen LogP contribution < -0.4 is 5.32 Å². The lowest BCUT2D eigenvalue weighted by atomic mass is 10.2. The van der Waals surface area contributed by atoms with Crippen LogP contribution in [0.1, 0.15) is 18.3 Å². The molecule has 0 spiro atoms. The number of anilines is 1. The summed E-state index contributed by atoms with van der Waals surface area (Å²) in [5.41, 5.74) is 0.0779. The smallest absolute Gasteiger partial charge is 0.358 e. The van der Waals surface area contributed by atoms with Crippen molar-refractivity contribution >= 4 is 36.6 Å². The van der Waals surface area contributed by atoms with E-state index in [-0.39, 0.29) is 5.91 Å². The lowest BCUT2D eigenvalue weighted by molar-refractivity contribution is -0.386. The number of nitrogens with zero attached hydrogens (tertiary/aromatic N) is 1. The van der Waals surface area contributed by atoms with Crippen LogP contribution >= 0.6 is 19.4 Å². The van der Waals surface area contributed by atoms with Crippen LogP contribution in [0.3, 0.4) is 0 Å². The SMILES string of the molecule is CC(=O)Nc1c2cccc1S2.O=[N+]([O-])c1ccccc1C(O)P(=O)(O)O. The lowest BCUT2D eigenvalue weighted by Gasteiger charge is -2.21. The summed E-state index contributed by atoms with van der Waals surface area (Å²) in [6.45, 7) is 1.52. The van der Waals surface area contributed by atoms with Gasteiger partial charge in [-0.2, -0.15) is 0 Å². The van der Waals surface area contributed by atoms with Crippen molar-refractivity contribution in [2.45, 2.75) is 22.6 Å². The van der Waals surface area contributed by atoms with Crippen molar-refractivity contribution < 1.29 is 29.2 Å². The van der Waals surface area contributed by atoms with Gasteiger partial charge >= 0.3 is 7.60 Å². The molecule has 1 amide bonds. The Morgan fingerprint density at radius 2 is 1.77 bits per heavy atom. The van der Waals surface area contributed by atoms with E-state index >= 15 is 0 Å². The summed E-state index contributed by atoms with van der Waals surface area (Å²) in [7, 11) is -4.79. The first kappa shape index (κ1) is 20.1. The number of nitro benzene ring substituents is 1. The van der Waals surface area contributed by atoms with Gasteiger partial charge in [0.15, 0.2) is 5.85 Å². The quantitative estimate of drug-likeness (QED) is 0.298. The zero-order valence-electron chi connectivity index (χ0n) is 13.4. The fourth-order valence-corrected chi connectivity index (χ4v) is 3.59. The molecule has 1 unspecified atom stereocenters. The summed E-state index contributed by atoms with van der Waals surface area (Å²) < 4.78 is 10.7. The number of carbonyl (C=O) groups is 1. The van der Waals surface area contributed by atoms with Gasteiger partial charge in [-0.15, -0.1) is 0 Å². The lowest BCUT2D eigenvalue weighted by Crippen LogP contribution is -2.10. The van der Waals surface area contributed by atoms with Crippen molar-refractivity contribution in [3.8, 4) is 0 Å². The molecule has 9 nitrogen and oxygen atoms in total. The van der Waals surface area contributed by atoms with Crippen molar-refractivity contribution in [1.29, 1.82) is 0 Å². The number of aliphatic hydroxyl groups is 1. The van der Waals surface area contributed by atoms with Crippen molar-refractivity contribution in [1.82, 2.24) is 0 Å². The molecule has 0 fully saturated rings. The third-order valence-electron chi connectivity index (χ3n) is 3.24. The maximum Gasteiger partial charge on any atom is 0.358 e. The second-order valence-corrected chi connectivity index (χ2v) is 7.94. The summed E-state index contributed by atoms with van der Waals surface area (Å²) >= 11 is 1.70. The van der Waals surface area contributed by atoms with Crippen LogP contribution in [0.4, 0.5) is 11.4 Å². The Balaban J connectivity index is 0.000000195. The van der Waals surface area contributed by atoms with Crippen molar-refractivity contribution in [3.05, 3.63) is 58.1 Å². The van der Waals surface area contributed by atoms with E-state index in [1.165, 1.54) is 19.1 Å². The zero-order valence-corrected chi connectivity index (χ0v) is 15.1. The number of benzene rings is 2. The predicted octanol–water partition coefficient (Wildman–Crippen LogP) is 2.87. The monoisotopic (exact) mass is 398 g/mol. The van der Waals surface area contributed by atoms with Gasteiger partial charge in [-0.3, -0.25) is 19.5 Å². The summed E-state index contributed by atoms with van der Waals surface area (Å²) in [6, 6.07) is 10.9. The fourth-order valence-electron chi connectivity index (χ4n) is 2.11. The Morgan fingerprint density at radius 1 is 1.19 bits per heavy atom. The molecule has 138 valence electrons. The van der Waals surface area contributed by atoms with Crippen molar-refractivity contribution in [2.75, 3.05) is 5.32 Å². The van der Waals surface area contributed by atoms with Crippen LogP contribution in [-0.4, -0.2) is 25.7 Å². The number of nitrogens with one attached hydrogen (secondary N) is 1. The van der Waals surface area contributed by atoms with E-state index in [0.29, 0.717) is 0 Å². The third-order valence-corrected chi connectivity index (χ3v) is 5.27. The Morgan fingerprint density at radius 3 is 2.23 bits per heavy atom. The molecule has 2 bridgehead atoms. The summed E-state index contributed by atoms with van der Waals surface area (Å²) in [4.78, 5) is 40.1. The van der Waals surface area contributed by atoms with Crippen LogP contribution in [0.25, 0.3) is 0 Å². The molecular weight excluding hydrogens is 383 g/mol. The van der Waals surface area contributed by atoms with Gasteiger partial charge in [-0.05, 0) is 18.2 Å². The van der Waals surface area contributed by atoms with Crippen LogP contribution in [0.15, 0.2) is 52.3 Å². The second kappa shape index (κ2) is 7.98. The molecule has 2 aromatic carbocycles. The Kier molecular flexibility index (Phi) is 6.17. The Hall–Kier alpha value is -2.23. The van der Waals surface area contributed by atoms with E-state index in [0.717, 1.165) is 27.6 Å². The van der Waals surface area contributed by atoms with Gasteiger partial charge < -0.3 is 20.2 Å². The number of fused-ring (bicyclic) bond motifs is 2. The first-order chi connectivity index (χ1) is 12.1. The van der Waals surface area contributed by atoms with Gasteiger partial charge in [0, 0.05) is 22.8 Å².